The molecule has 2 aromatic rings. The molecule has 0 bridgehead atoms. The Bertz CT molecular complexity index is 746. The molecule has 27 heavy (non-hydrogen) atoms. The number of para-hydroxylation sites is 2. The molecule has 1 unspecified atom stereocenters. The molecule has 2 rings (SSSR count). The van der Waals surface area contributed by atoms with E-state index in [0.717, 1.165) is 30.8 Å². The second kappa shape index (κ2) is 10.6. The Hall–Kier alpha value is -2.53. The van der Waals surface area contributed by atoms with E-state index >= 15 is 0 Å². The Kier molecular flexibility index (Phi) is 8.14. The number of likely N-dealkylation sites (N-methyl/N-ethyl adjacent to an activating group) is 1. The van der Waals surface area contributed by atoms with Crippen molar-refractivity contribution in [3.05, 3.63) is 53.6 Å². The number of nitrogens with one attached hydrogen (secondary N) is 2. The minimum Gasteiger partial charge on any atom is -0.495 e. The molecular formula is C22H31N2O3+. The van der Waals surface area contributed by atoms with Crippen molar-refractivity contribution in [2.45, 2.75) is 27.2 Å². The number of benzene rings is 2. The van der Waals surface area contributed by atoms with E-state index in [-0.39, 0.29) is 5.91 Å². The fraction of sp³-hybridized carbons (Fsp3) is 0.409. The quantitative estimate of drug-likeness (QED) is 0.631. The van der Waals surface area contributed by atoms with Gasteiger partial charge in [-0.05, 0) is 50.1 Å². The van der Waals surface area contributed by atoms with Crippen LogP contribution in [0.1, 0.15) is 24.5 Å². The molecule has 0 radical (unpaired) electrons. The number of ether oxygens (including phenoxy) is 2. The fourth-order valence-corrected chi connectivity index (χ4v) is 2.93. The highest BCUT2D eigenvalue weighted by atomic mass is 16.5. The molecule has 5 nitrogen and oxygen atoms in total. The number of aryl methyl sites for hydroxylation is 2. The summed E-state index contributed by atoms with van der Waals surface area (Å²) >= 11 is 0. The van der Waals surface area contributed by atoms with Gasteiger partial charge in [0.15, 0.2) is 6.54 Å². The summed E-state index contributed by atoms with van der Waals surface area (Å²) in [6, 6.07) is 13.7. The predicted octanol–water partition coefficient (Wildman–Crippen LogP) is 2.62. The first-order chi connectivity index (χ1) is 13.0. The Morgan fingerprint density at radius 2 is 1.89 bits per heavy atom. The Labute approximate surface area is 162 Å². The smallest absolute Gasteiger partial charge is 0.279 e. The lowest BCUT2D eigenvalue weighted by Crippen LogP contribution is -3.12. The summed E-state index contributed by atoms with van der Waals surface area (Å²) < 4.78 is 11.2. The van der Waals surface area contributed by atoms with E-state index in [1.807, 2.05) is 24.3 Å². The van der Waals surface area contributed by atoms with Crippen molar-refractivity contribution in [3.63, 3.8) is 0 Å². The summed E-state index contributed by atoms with van der Waals surface area (Å²) in [5.74, 6) is 1.61. The molecule has 0 heterocycles. The number of carbonyl (C=O) groups excluding carboxylic acids is 1. The summed E-state index contributed by atoms with van der Waals surface area (Å²) in [7, 11) is 1.60. The Balaban J connectivity index is 1.78. The number of anilines is 1. The fourth-order valence-electron chi connectivity index (χ4n) is 2.93. The van der Waals surface area contributed by atoms with Gasteiger partial charge in [-0.2, -0.15) is 0 Å². The van der Waals surface area contributed by atoms with Gasteiger partial charge in [0.25, 0.3) is 5.91 Å². The molecule has 0 aliphatic heterocycles. The topological polar surface area (TPSA) is 52.0 Å². The molecule has 0 saturated heterocycles. The van der Waals surface area contributed by atoms with E-state index in [4.69, 9.17) is 9.47 Å². The lowest BCUT2D eigenvalue weighted by Gasteiger charge is -2.18. The highest BCUT2D eigenvalue weighted by Crippen LogP contribution is 2.22. The number of hydrogen-bond acceptors (Lipinski definition) is 3. The van der Waals surface area contributed by atoms with Gasteiger partial charge in [-0.25, -0.2) is 0 Å². The van der Waals surface area contributed by atoms with Crippen LogP contribution in [-0.2, 0) is 4.79 Å². The lowest BCUT2D eigenvalue weighted by atomic mass is 10.1. The normalized spacial score (nSPS) is 11.7. The van der Waals surface area contributed by atoms with Crippen molar-refractivity contribution >= 4 is 11.6 Å². The molecule has 1 amide bonds. The first kappa shape index (κ1) is 20.8. The van der Waals surface area contributed by atoms with E-state index in [1.165, 1.54) is 10.5 Å². The van der Waals surface area contributed by atoms with Crippen molar-refractivity contribution < 1.29 is 19.2 Å². The van der Waals surface area contributed by atoms with Crippen LogP contribution < -0.4 is 19.7 Å². The Morgan fingerprint density at radius 3 is 2.63 bits per heavy atom. The average Bonchev–Trinajstić information content (AvgIpc) is 2.67. The summed E-state index contributed by atoms with van der Waals surface area (Å²) in [4.78, 5) is 13.6. The number of amides is 1. The molecule has 2 aromatic carbocycles. The van der Waals surface area contributed by atoms with Crippen LogP contribution in [0.3, 0.4) is 0 Å². The van der Waals surface area contributed by atoms with Crippen molar-refractivity contribution in [2.75, 3.05) is 38.7 Å². The summed E-state index contributed by atoms with van der Waals surface area (Å²) in [6.45, 7) is 9.08. The van der Waals surface area contributed by atoms with Gasteiger partial charge < -0.3 is 19.7 Å². The number of hydrogen-bond donors (Lipinski definition) is 2. The third-order valence-corrected chi connectivity index (χ3v) is 4.57. The van der Waals surface area contributed by atoms with Gasteiger partial charge in [-0.15, -0.1) is 0 Å². The molecule has 5 heteroatoms. The van der Waals surface area contributed by atoms with E-state index in [9.17, 15) is 4.79 Å². The number of quaternary nitrogens is 1. The largest absolute Gasteiger partial charge is 0.495 e. The van der Waals surface area contributed by atoms with Crippen LogP contribution in [0.4, 0.5) is 5.69 Å². The van der Waals surface area contributed by atoms with Gasteiger partial charge in [0.05, 0.1) is 32.5 Å². The first-order valence-corrected chi connectivity index (χ1v) is 9.50. The maximum absolute atomic E-state index is 12.4. The summed E-state index contributed by atoms with van der Waals surface area (Å²) in [5, 5.41) is 2.94. The van der Waals surface area contributed by atoms with Crippen molar-refractivity contribution in [3.8, 4) is 11.5 Å². The van der Waals surface area contributed by atoms with Crippen LogP contribution in [0, 0.1) is 13.8 Å². The highest BCUT2D eigenvalue weighted by Gasteiger charge is 2.14. The average molecular weight is 372 g/mol. The highest BCUT2D eigenvalue weighted by molar-refractivity contribution is 5.92. The van der Waals surface area contributed by atoms with Crippen LogP contribution in [-0.4, -0.2) is 39.3 Å². The molecule has 0 saturated carbocycles. The van der Waals surface area contributed by atoms with Gasteiger partial charge in [0.1, 0.15) is 11.5 Å². The zero-order valence-corrected chi connectivity index (χ0v) is 16.8. The van der Waals surface area contributed by atoms with Gasteiger partial charge in [-0.1, -0.05) is 24.3 Å². The zero-order valence-electron chi connectivity index (χ0n) is 16.8. The van der Waals surface area contributed by atoms with Gasteiger partial charge in [-0.3, -0.25) is 4.79 Å². The van der Waals surface area contributed by atoms with Crippen LogP contribution in [0.25, 0.3) is 0 Å². The van der Waals surface area contributed by atoms with Crippen molar-refractivity contribution in [1.82, 2.24) is 0 Å². The molecule has 0 aliphatic rings. The van der Waals surface area contributed by atoms with E-state index in [0.29, 0.717) is 24.6 Å². The molecule has 2 N–H and O–H groups in total. The van der Waals surface area contributed by atoms with Crippen molar-refractivity contribution in [1.29, 1.82) is 0 Å². The monoisotopic (exact) mass is 371 g/mol. The van der Waals surface area contributed by atoms with E-state index in [1.54, 1.807) is 7.11 Å². The number of methoxy groups -OCH3 is 1. The third-order valence-electron chi connectivity index (χ3n) is 4.57. The number of carbonyl (C=O) groups is 1. The minimum atomic E-state index is -0.00760. The van der Waals surface area contributed by atoms with Gasteiger partial charge in [0.2, 0.25) is 0 Å². The molecule has 1 atom stereocenters. The van der Waals surface area contributed by atoms with E-state index < -0.39 is 0 Å². The second-order valence-corrected chi connectivity index (χ2v) is 6.75. The first-order valence-electron chi connectivity index (χ1n) is 9.50. The second-order valence-electron chi connectivity index (χ2n) is 6.75. The molecular weight excluding hydrogens is 340 g/mol. The molecule has 0 aliphatic carbocycles. The van der Waals surface area contributed by atoms with Crippen LogP contribution in [0.2, 0.25) is 0 Å². The number of rotatable bonds is 10. The van der Waals surface area contributed by atoms with Crippen LogP contribution in [0.15, 0.2) is 42.5 Å². The molecule has 0 fully saturated rings. The standard InChI is InChI=1S/C22H30N2O3/c1-5-24(13-8-14-27-21-15-17(2)11-12-18(21)3)16-22(25)23-19-9-6-7-10-20(19)26-4/h6-7,9-12,15H,5,8,13-14,16H2,1-4H3,(H,23,25)/p+1. The molecule has 0 aromatic heterocycles. The SMILES string of the molecule is CC[NH+](CCCOc1cc(C)ccc1C)CC(=O)Nc1ccccc1OC. The molecule has 0 spiro atoms. The Morgan fingerprint density at radius 1 is 1.11 bits per heavy atom. The summed E-state index contributed by atoms with van der Waals surface area (Å²) in [5.41, 5.74) is 3.06. The summed E-state index contributed by atoms with van der Waals surface area (Å²) in [6.07, 6.45) is 0.901. The van der Waals surface area contributed by atoms with Crippen molar-refractivity contribution in [2.24, 2.45) is 0 Å². The maximum atomic E-state index is 12.4. The lowest BCUT2D eigenvalue weighted by molar-refractivity contribution is -0.890. The zero-order chi connectivity index (χ0) is 19.6. The van der Waals surface area contributed by atoms with E-state index in [2.05, 4.69) is 44.3 Å². The minimum absolute atomic E-state index is 0.00760. The maximum Gasteiger partial charge on any atom is 0.279 e. The molecule has 146 valence electrons. The van der Waals surface area contributed by atoms with Crippen LogP contribution >= 0.6 is 0 Å². The van der Waals surface area contributed by atoms with Gasteiger partial charge in [0, 0.05) is 6.42 Å². The van der Waals surface area contributed by atoms with Crippen LogP contribution in [0.5, 0.6) is 11.5 Å². The third kappa shape index (κ3) is 6.61. The predicted molar refractivity (Wildman–Crippen MR) is 109 cm³/mol. The van der Waals surface area contributed by atoms with Gasteiger partial charge >= 0.3 is 0 Å².